The lowest BCUT2D eigenvalue weighted by molar-refractivity contribution is -0.128. The van der Waals surface area contributed by atoms with Crippen LogP contribution in [0.2, 0.25) is 5.02 Å². The Hall–Kier alpha value is -3.12. The highest BCUT2D eigenvalue weighted by Crippen LogP contribution is 2.23. The summed E-state index contributed by atoms with van der Waals surface area (Å²) in [6.07, 6.45) is 1.51. The Morgan fingerprint density at radius 2 is 1.64 bits per heavy atom. The minimum Gasteiger partial charge on any atom is -0.478 e. The first kappa shape index (κ1) is 19.6. The van der Waals surface area contributed by atoms with Crippen molar-refractivity contribution in [3.8, 4) is 5.75 Å². The Labute approximate surface area is 168 Å². The molecule has 7 heteroatoms. The highest BCUT2D eigenvalue weighted by molar-refractivity contribution is 6.30. The lowest BCUT2D eigenvalue weighted by atomic mass is 10.1. The average Bonchev–Trinajstić information content (AvgIpc) is 2.65. The normalized spacial score (nSPS) is 11.0. The van der Waals surface area contributed by atoms with E-state index in [1.54, 1.807) is 38.1 Å². The summed E-state index contributed by atoms with van der Waals surface area (Å²) < 4.78 is 5.81. The molecule has 1 heterocycles. The number of amides is 1. The number of aromatic nitrogens is 2. The minimum atomic E-state index is -1.05. The van der Waals surface area contributed by atoms with Gasteiger partial charge >= 0.3 is 0 Å². The molecule has 144 valence electrons. The zero-order valence-corrected chi connectivity index (χ0v) is 16.6. The number of benzene rings is 2. The quantitative estimate of drug-likeness (QED) is 0.614. The fourth-order valence-corrected chi connectivity index (χ4v) is 2.56. The van der Waals surface area contributed by atoms with Crippen molar-refractivity contribution in [1.82, 2.24) is 9.97 Å². The van der Waals surface area contributed by atoms with Gasteiger partial charge in [-0.2, -0.15) is 0 Å². The number of halogens is 1. The summed E-state index contributed by atoms with van der Waals surface area (Å²) in [6.45, 7) is 5.33. The van der Waals surface area contributed by atoms with Gasteiger partial charge in [0, 0.05) is 28.2 Å². The van der Waals surface area contributed by atoms with Crippen LogP contribution in [0.4, 0.5) is 17.2 Å². The van der Waals surface area contributed by atoms with Crippen LogP contribution in [-0.4, -0.2) is 21.5 Å². The predicted molar refractivity (Wildman–Crippen MR) is 111 cm³/mol. The molecule has 0 unspecified atom stereocenters. The third-order valence-electron chi connectivity index (χ3n) is 3.95. The molecule has 0 saturated heterocycles. The van der Waals surface area contributed by atoms with Crippen LogP contribution in [0.3, 0.4) is 0 Å². The first-order chi connectivity index (χ1) is 13.3. The molecule has 28 heavy (non-hydrogen) atoms. The second-order valence-corrected chi connectivity index (χ2v) is 7.20. The highest BCUT2D eigenvalue weighted by atomic mass is 35.5. The smallest absolute Gasteiger partial charge is 0.267 e. The van der Waals surface area contributed by atoms with Crippen LogP contribution in [0.25, 0.3) is 0 Å². The van der Waals surface area contributed by atoms with E-state index in [0.29, 0.717) is 22.3 Å². The van der Waals surface area contributed by atoms with E-state index >= 15 is 0 Å². The minimum absolute atomic E-state index is 0.255. The lowest BCUT2D eigenvalue weighted by Gasteiger charge is -2.25. The van der Waals surface area contributed by atoms with E-state index in [4.69, 9.17) is 16.3 Å². The van der Waals surface area contributed by atoms with Crippen molar-refractivity contribution in [3.63, 3.8) is 0 Å². The van der Waals surface area contributed by atoms with E-state index in [-0.39, 0.29) is 5.91 Å². The number of hydrogen-bond acceptors (Lipinski definition) is 5. The maximum Gasteiger partial charge on any atom is 0.267 e. The predicted octanol–water partition coefficient (Wildman–Crippen LogP) is 4.98. The molecule has 0 atom stereocenters. The zero-order chi connectivity index (χ0) is 20.1. The largest absolute Gasteiger partial charge is 0.478 e. The van der Waals surface area contributed by atoms with Crippen molar-refractivity contribution in [2.45, 2.75) is 26.4 Å². The molecule has 0 aliphatic carbocycles. The van der Waals surface area contributed by atoms with Gasteiger partial charge < -0.3 is 15.4 Å². The fourth-order valence-electron chi connectivity index (χ4n) is 2.43. The third-order valence-corrected chi connectivity index (χ3v) is 4.20. The van der Waals surface area contributed by atoms with Gasteiger partial charge in [-0.25, -0.2) is 9.97 Å². The maximum atomic E-state index is 12.6. The number of anilines is 3. The van der Waals surface area contributed by atoms with Crippen molar-refractivity contribution >= 4 is 34.7 Å². The lowest BCUT2D eigenvalue weighted by Crippen LogP contribution is -2.42. The topological polar surface area (TPSA) is 76.1 Å². The Balaban J connectivity index is 1.62. The van der Waals surface area contributed by atoms with E-state index in [9.17, 15) is 4.79 Å². The number of hydrogen-bond donors (Lipinski definition) is 2. The van der Waals surface area contributed by atoms with Gasteiger partial charge in [0.1, 0.15) is 17.9 Å². The standard InChI is InChI=1S/C21H21ClN4O2/c1-14-12-19(24-13-23-14)25-16-6-8-17(9-7-16)26-20(27)21(2,3)28-18-10-4-15(22)5-11-18/h4-13H,1-3H3,(H,26,27)(H,23,24,25). The molecule has 0 saturated carbocycles. The van der Waals surface area contributed by atoms with Gasteiger partial charge in [0.25, 0.3) is 5.91 Å². The van der Waals surface area contributed by atoms with Gasteiger partial charge in [-0.3, -0.25) is 4.79 Å². The molecule has 3 aromatic rings. The monoisotopic (exact) mass is 396 g/mol. The maximum absolute atomic E-state index is 12.6. The molecule has 2 aromatic carbocycles. The van der Waals surface area contributed by atoms with Crippen LogP contribution in [0.5, 0.6) is 5.75 Å². The Morgan fingerprint density at radius 3 is 2.29 bits per heavy atom. The van der Waals surface area contributed by atoms with Crippen molar-refractivity contribution in [2.75, 3.05) is 10.6 Å². The second kappa shape index (κ2) is 8.27. The molecule has 0 aliphatic rings. The van der Waals surface area contributed by atoms with E-state index < -0.39 is 5.60 Å². The summed E-state index contributed by atoms with van der Waals surface area (Å²) >= 11 is 5.88. The zero-order valence-electron chi connectivity index (χ0n) is 15.9. The van der Waals surface area contributed by atoms with E-state index in [1.165, 1.54) is 6.33 Å². The molecule has 0 aliphatic heterocycles. The molecule has 1 aromatic heterocycles. The van der Waals surface area contributed by atoms with E-state index in [2.05, 4.69) is 20.6 Å². The molecule has 0 spiro atoms. The number of nitrogens with one attached hydrogen (secondary N) is 2. The summed E-state index contributed by atoms with van der Waals surface area (Å²) in [5.41, 5.74) is 1.35. The first-order valence-electron chi connectivity index (χ1n) is 8.74. The van der Waals surface area contributed by atoms with Crippen molar-refractivity contribution in [2.24, 2.45) is 0 Å². The van der Waals surface area contributed by atoms with Crippen LogP contribution < -0.4 is 15.4 Å². The molecular weight excluding hydrogens is 376 g/mol. The van der Waals surface area contributed by atoms with Crippen molar-refractivity contribution in [1.29, 1.82) is 0 Å². The summed E-state index contributed by atoms with van der Waals surface area (Å²) in [7, 11) is 0. The van der Waals surface area contributed by atoms with Gasteiger partial charge in [-0.15, -0.1) is 0 Å². The first-order valence-corrected chi connectivity index (χ1v) is 9.11. The Kier molecular flexibility index (Phi) is 5.80. The van der Waals surface area contributed by atoms with E-state index in [0.717, 1.165) is 11.4 Å². The number of carbonyl (C=O) groups excluding carboxylic acids is 1. The SMILES string of the molecule is Cc1cc(Nc2ccc(NC(=O)C(C)(C)Oc3ccc(Cl)cc3)cc2)ncn1. The van der Waals surface area contributed by atoms with Crippen LogP contribution in [0, 0.1) is 6.92 Å². The van der Waals surface area contributed by atoms with Crippen molar-refractivity contribution in [3.05, 3.63) is 71.6 Å². The number of carbonyl (C=O) groups is 1. The molecule has 0 radical (unpaired) electrons. The summed E-state index contributed by atoms with van der Waals surface area (Å²) in [5.74, 6) is 1.03. The Bertz CT molecular complexity index is 957. The second-order valence-electron chi connectivity index (χ2n) is 6.77. The van der Waals surface area contributed by atoms with Gasteiger partial charge in [0.05, 0.1) is 0 Å². The molecule has 0 fully saturated rings. The molecule has 3 rings (SSSR count). The van der Waals surface area contributed by atoms with Gasteiger partial charge in [0.15, 0.2) is 5.60 Å². The molecule has 0 bridgehead atoms. The number of nitrogens with zero attached hydrogens (tertiary/aromatic N) is 2. The van der Waals surface area contributed by atoms with Gasteiger partial charge in [-0.1, -0.05) is 11.6 Å². The molecular formula is C21H21ClN4O2. The molecule has 1 amide bonds. The van der Waals surface area contributed by atoms with E-state index in [1.807, 2.05) is 37.3 Å². The third kappa shape index (κ3) is 5.20. The number of rotatable bonds is 6. The van der Waals surface area contributed by atoms with Gasteiger partial charge in [0.2, 0.25) is 0 Å². The molecule has 6 nitrogen and oxygen atoms in total. The summed E-state index contributed by atoms with van der Waals surface area (Å²) in [5, 5.41) is 6.68. The van der Waals surface area contributed by atoms with Crippen LogP contribution in [-0.2, 0) is 4.79 Å². The van der Waals surface area contributed by atoms with Crippen LogP contribution in [0.1, 0.15) is 19.5 Å². The average molecular weight is 397 g/mol. The van der Waals surface area contributed by atoms with Gasteiger partial charge in [-0.05, 0) is 69.3 Å². The summed E-state index contributed by atoms with van der Waals surface area (Å²) in [4.78, 5) is 20.9. The van der Waals surface area contributed by atoms with Crippen LogP contribution >= 0.6 is 11.6 Å². The summed E-state index contributed by atoms with van der Waals surface area (Å²) in [6, 6.07) is 16.1. The van der Waals surface area contributed by atoms with Crippen LogP contribution in [0.15, 0.2) is 60.9 Å². The Morgan fingerprint density at radius 1 is 1.00 bits per heavy atom. The number of aryl methyl sites for hydroxylation is 1. The fraction of sp³-hybridized carbons (Fsp3) is 0.190. The molecule has 2 N–H and O–H groups in total. The highest BCUT2D eigenvalue weighted by Gasteiger charge is 2.30. The van der Waals surface area contributed by atoms with Crippen molar-refractivity contribution < 1.29 is 9.53 Å². The number of ether oxygens (including phenoxy) is 1.